The van der Waals surface area contributed by atoms with Crippen LogP contribution in [-0.2, 0) is 6.54 Å². The molecule has 110 valence electrons. The highest BCUT2D eigenvalue weighted by Gasteiger charge is 2.30. The molecule has 0 radical (unpaired) electrons. The molecule has 0 spiro atoms. The summed E-state index contributed by atoms with van der Waals surface area (Å²) in [5, 5.41) is 7.53. The summed E-state index contributed by atoms with van der Waals surface area (Å²) in [5.74, 6) is 3.44. The van der Waals surface area contributed by atoms with Gasteiger partial charge in [0.1, 0.15) is 5.75 Å². The van der Waals surface area contributed by atoms with E-state index in [0.717, 1.165) is 24.1 Å². The van der Waals surface area contributed by atoms with Gasteiger partial charge in [-0.1, -0.05) is 23.4 Å². The third-order valence-corrected chi connectivity index (χ3v) is 4.33. The van der Waals surface area contributed by atoms with Crippen LogP contribution < -0.4 is 10.1 Å². The Labute approximate surface area is 123 Å². The van der Waals surface area contributed by atoms with Crippen LogP contribution in [0.2, 0.25) is 0 Å². The molecule has 0 bridgehead atoms. The van der Waals surface area contributed by atoms with Gasteiger partial charge >= 0.3 is 0 Å². The summed E-state index contributed by atoms with van der Waals surface area (Å²) in [7, 11) is 0. The van der Waals surface area contributed by atoms with Crippen LogP contribution in [0.1, 0.15) is 48.9 Å². The Kier molecular flexibility index (Phi) is 3.15. The van der Waals surface area contributed by atoms with E-state index in [1.807, 2.05) is 12.1 Å². The van der Waals surface area contributed by atoms with Gasteiger partial charge in [0.2, 0.25) is 5.89 Å². The van der Waals surface area contributed by atoms with Crippen molar-refractivity contribution in [3.8, 4) is 5.75 Å². The van der Waals surface area contributed by atoms with Crippen molar-refractivity contribution in [2.24, 2.45) is 0 Å². The quantitative estimate of drug-likeness (QED) is 0.915. The molecule has 1 aliphatic heterocycles. The van der Waals surface area contributed by atoms with Crippen LogP contribution in [0.5, 0.6) is 5.75 Å². The summed E-state index contributed by atoms with van der Waals surface area (Å²) in [6, 6.07) is 8.55. The highest BCUT2D eigenvalue weighted by atomic mass is 16.5. The van der Waals surface area contributed by atoms with Gasteiger partial charge in [-0.3, -0.25) is 0 Å². The molecule has 1 N–H and O–H groups in total. The molecule has 2 heterocycles. The highest BCUT2D eigenvalue weighted by molar-refractivity contribution is 5.40. The number of para-hydroxylation sites is 1. The van der Waals surface area contributed by atoms with Crippen LogP contribution in [0.25, 0.3) is 0 Å². The van der Waals surface area contributed by atoms with Crippen molar-refractivity contribution in [2.75, 3.05) is 6.61 Å². The Bertz CT molecular complexity index is 636. The van der Waals surface area contributed by atoms with Gasteiger partial charge in [-0.05, 0) is 25.8 Å². The molecule has 0 unspecified atom stereocenters. The first-order chi connectivity index (χ1) is 10.3. The number of hydrogen-bond donors (Lipinski definition) is 1. The number of nitrogens with one attached hydrogen (secondary N) is 1. The van der Waals surface area contributed by atoms with E-state index in [4.69, 9.17) is 9.26 Å². The van der Waals surface area contributed by atoms with Gasteiger partial charge in [0.05, 0.1) is 13.2 Å². The summed E-state index contributed by atoms with van der Waals surface area (Å²) in [6.45, 7) is 3.54. The molecule has 21 heavy (non-hydrogen) atoms. The van der Waals surface area contributed by atoms with Crippen LogP contribution in [0.4, 0.5) is 0 Å². The second kappa shape index (κ2) is 5.15. The summed E-state index contributed by atoms with van der Waals surface area (Å²) in [5.41, 5.74) is 1.28. The zero-order valence-corrected chi connectivity index (χ0v) is 12.1. The first-order valence-electron chi connectivity index (χ1n) is 7.59. The number of fused-ring (bicyclic) bond motifs is 1. The Morgan fingerprint density at radius 3 is 3.05 bits per heavy atom. The number of ether oxygens (including phenoxy) is 1. The average molecular weight is 285 g/mol. The smallest absolute Gasteiger partial charge is 0.229 e. The first kappa shape index (κ1) is 12.8. The monoisotopic (exact) mass is 285 g/mol. The third-order valence-electron chi connectivity index (χ3n) is 4.33. The van der Waals surface area contributed by atoms with E-state index in [0.29, 0.717) is 24.4 Å². The van der Waals surface area contributed by atoms with Crippen LogP contribution in [0, 0.1) is 0 Å². The third kappa shape index (κ3) is 2.53. The SMILES string of the molecule is C[C@H](NCc1noc(C2CC2)n1)[C@H]1COc2ccccc21. The van der Waals surface area contributed by atoms with E-state index in [1.165, 1.54) is 18.4 Å². The topological polar surface area (TPSA) is 60.2 Å². The highest BCUT2D eigenvalue weighted by Crippen LogP contribution is 2.39. The second-order valence-electron chi connectivity index (χ2n) is 5.95. The van der Waals surface area contributed by atoms with Crippen molar-refractivity contribution in [1.29, 1.82) is 0 Å². The lowest BCUT2D eigenvalue weighted by atomic mass is 9.94. The molecule has 1 saturated carbocycles. The fourth-order valence-electron chi connectivity index (χ4n) is 2.83. The van der Waals surface area contributed by atoms with Crippen molar-refractivity contribution in [1.82, 2.24) is 15.5 Å². The molecular formula is C16H19N3O2. The van der Waals surface area contributed by atoms with Gasteiger partial charge in [0, 0.05) is 23.4 Å². The van der Waals surface area contributed by atoms with E-state index in [1.54, 1.807) is 0 Å². The lowest BCUT2D eigenvalue weighted by Gasteiger charge is -2.18. The zero-order valence-electron chi connectivity index (χ0n) is 12.1. The van der Waals surface area contributed by atoms with Crippen molar-refractivity contribution in [2.45, 2.75) is 44.2 Å². The Hall–Kier alpha value is -1.88. The minimum Gasteiger partial charge on any atom is -0.493 e. The predicted molar refractivity (Wildman–Crippen MR) is 77.3 cm³/mol. The molecule has 2 aliphatic rings. The Morgan fingerprint density at radius 2 is 2.19 bits per heavy atom. The van der Waals surface area contributed by atoms with Crippen molar-refractivity contribution in [3.63, 3.8) is 0 Å². The summed E-state index contributed by atoms with van der Waals surface area (Å²) >= 11 is 0. The molecular weight excluding hydrogens is 266 g/mol. The normalized spacial score (nSPS) is 21.9. The molecule has 4 rings (SSSR count). The minimum atomic E-state index is 0.302. The lowest BCUT2D eigenvalue weighted by molar-refractivity contribution is 0.302. The second-order valence-corrected chi connectivity index (χ2v) is 5.95. The van der Waals surface area contributed by atoms with Gasteiger partial charge < -0.3 is 14.6 Å². The molecule has 0 saturated heterocycles. The largest absolute Gasteiger partial charge is 0.493 e. The van der Waals surface area contributed by atoms with E-state index in [2.05, 4.69) is 34.5 Å². The summed E-state index contributed by atoms with van der Waals surface area (Å²) in [4.78, 5) is 4.44. The molecule has 1 aromatic heterocycles. The Morgan fingerprint density at radius 1 is 1.33 bits per heavy atom. The standard InChI is InChI=1S/C16H19N3O2/c1-10(13-9-20-14-5-3-2-4-12(13)14)17-8-15-18-16(21-19-15)11-6-7-11/h2-5,10-11,13,17H,6-9H2,1H3/t10-,13+/m0/s1. The number of nitrogens with zero attached hydrogens (tertiary/aromatic N) is 2. The number of hydrogen-bond acceptors (Lipinski definition) is 5. The fraction of sp³-hybridized carbons (Fsp3) is 0.500. The van der Waals surface area contributed by atoms with Crippen LogP contribution in [0.15, 0.2) is 28.8 Å². The first-order valence-corrected chi connectivity index (χ1v) is 7.59. The van der Waals surface area contributed by atoms with Crippen molar-refractivity contribution in [3.05, 3.63) is 41.5 Å². The van der Waals surface area contributed by atoms with Gasteiger partial charge in [0.15, 0.2) is 5.82 Å². The molecule has 1 aliphatic carbocycles. The molecule has 5 heteroatoms. The lowest BCUT2D eigenvalue weighted by Crippen LogP contribution is -2.32. The fourth-order valence-corrected chi connectivity index (χ4v) is 2.83. The van der Waals surface area contributed by atoms with Crippen molar-refractivity contribution >= 4 is 0 Å². The van der Waals surface area contributed by atoms with E-state index < -0.39 is 0 Å². The minimum absolute atomic E-state index is 0.302. The van der Waals surface area contributed by atoms with Crippen molar-refractivity contribution < 1.29 is 9.26 Å². The summed E-state index contributed by atoms with van der Waals surface area (Å²) < 4.78 is 11.0. The maximum atomic E-state index is 5.74. The molecule has 5 nitrogen and oxygen atoms in total. The Balaban J connectivity index is 1.38. The molecule has 2 atom stereocenters. The number of aromatic nitrogens is 2. The maximum Gasteiger partial charge on any atom is 0.229 e. The summed E-state index contributed by atoms with van der Waals surface area (Å²) in [6.07, 6.45) is 2.36. The van der Waals surface area contributed by atoms with Gasteiger partial charge in [-0.2, -0.15) is 4.98 Å². The predicted octanol–water partition coefficient (Wildman–Crippen LogP) is 2.60. The van der Waals surface area contributed by atoms with Gasteiger partial charge in [-0.15, -0.1) is 0 Å². The number of rotatable bonds is 5. The van der Waals surface area contributed by atoms with Gasteiger partial charge in [-0.25, -0.2) is 0 Å². The van der Waals surface area contributed by atoms with Gasteiger partial charge in [0.25, 0.3) is 0 Å². The average Bonchev–Trinajstić information content (AvgIpc) is 3.10. The maximum absolute atomic E-state index is 5.74. The molecule has 2 aromatic rings. The van der Waals surface area contributed by atoms with E-state index >= 15 is 0 Å². The van der Waals surface area contributed by atoms with Crippen LogP contribution >= 0.6 is 0 Å². The van der Waals surface area contributed by atoms with E-state index in [-0.39, 0.29) is 0 Å². The van der Waals surface area contributed by atoms with Crippen LogP contribution in [0.3, 0.4) is 0 Å². The van der Waals surface area contributed by atoms with Crippen LogP contribution in [-0.4, -0.2) is 22.8 Å². The zero-order chi connectivity index (χ0) is 14.2. The number of benzene rings is 1. The van der Waals surface area contributed by atoms with E-state index in [9.17, 15) is 0 Å². The molecule has 1 fully saturated rings. The molecule has 0 amide bonds. The molecule has 1 aromatic carbocycles.